The van der Waals surface area contributed by atoms with Crippen molar-refractivity contribution < 1.29 is 13.2 Å². The predicted molar refractivity (Wildman–Crippen MR) is 111 cm³/mol. The molecule has 1 saturated heterocycles. The average molecular weight is 425 g/mol. The van der Waals surface area contributed by atoms with E-state index in [4.69, 9.17) is 0 Å². The van der Waals surface area contributed by atoms with Crippen molar-refractivity contribution in [2.24, 2.45) is 20.0 Å². The molecule has 1 aliphatic heterocycles. The number of carbonyl (C=O) groups excluding carboxylic acids is 1. The zero-order chi connectivity index (χ0) is 21.7. The van der Waals surface area contributed by atoms with E-state index in [-0.39, 0.29) is 30.7 Å². The van der Waals surface area contributed by atoms with Gasteiger partial charge in [-0.15, -0.1) is 0 Å². The van der Waals surface area contributed by atoms with E-state index >= 15 is 0 Å². The molecule has 2 aromatic rings. The summed E-state index contributed by atoms with van der Waals surface area (Å²) in [6.07, 6.45) is 0.707. The van der Waals surface area contributed by atoms with Crippen LogP contribution in [0.15, 0.2) is 15.7 Å². The number of likely N-dealkylation sites (tertiary alicyclic amines) is 1. The number of carbonyl (C=O) groups is 1. The lowest BCUT2D eigenvalue weighted by atomic mass is 10.2. The summed E-state index contributed by atoms with van der Waals surface area (Å²) in [5.41, 5.74) is -0.193. The number of hydrogen-bond donors (Lipinski definition) is 0. The second kappa shape index (κ2) is 7.47. The van der Waals surface area contributed by atoms with E-state index in [2.05, 4.69) is 0 Å². The number of aryl methyl sites for hydroxylation is 2. The number of fused-ring (bicyclic) bond motifs is 1. The van der Waals surface area contributed by atoms with Crippen molar-refractivity contribution in [2.75, 3.05) is 18.8 Å². The maximum absolute atomic E-state index is 13.1. The molecular weight excluding hydrogens is 396 g/mol. The van der Waals surface area contributed by atoms with Crippen molar-refractivity contribution in [2.45, 2.75) is 39.0 Å². The lowest BCUT2D eigenvalue weighted by molar-refractivity contribution is 0.0648. The number of sulfone groups is 1. The first-order valence-corrected chi connectivity index (χ1v) is 11.5. The topological polar surface area (TPSA) is 103 Å². The molecule has 9 nitrogen and oxygen atoms in total. The van der Waals surface area contributed by atoms with Crippen LogP contribution in [0.5, 0.6) is 0 Å². The molecule has 0 saturated carbocycles. The van der Waals surface area contributed by atoms with Crippen LogP contribution in [-0.2, 0) is 30.5 Å². The second-order valence-electron chi connectivity index (χ2n) is 8.18. The van der Waals surface area contributed by atoms with Gasteiger partial charge in [0.25, 0.3) is 11.5 Å². The Labute approximate surface area is 169 Å². The average Bonchev–Trinajstić information content (AvgIpc) is 2.95. The maximum atomic E-state index is 13.1. The molecule has 3 heterocycles. The van der Waals surface area contributed by atoms with Crippen LogP contribution < -0.4 is 11.2 Å². The summed E-state index contributed by atoms with van der Waals surface area (Å²) in [6, 6.07) is 1.52. The SMILES string of the molecule is CCCn1c(C(=O)N2CC(S(=O)(=O)CC(C)C)C2)cc2c(=O)n(C)c(=O)n(C)c21. The highest BCUT2D eigenvalue weighted by Gasteiger charge is 2.41. The van der Waals surface area contributed by atoms with Crippen LogP contribution in [0.4, 0.5) is 0 Å². The van der Waals surface area contributed by atoms with Gasteiger partial charge in [-0.05, 0) is 18.4 Å². The zero-order valence-corrected chi connectivity index (χ0v) is 18.3. The fourth-order valence-corrected chi connectivity index (χ4v) is 5.88. The number of rotatable bonds is 6. The summed E-state index contributed by atoms with van der Waals surface area (Å²) < 4.78 is 28.8. The van der Waals surface area contributed by atoms with Gasteiger partial charge in [0.2, 0.25) is 0 Å². The first-order valence-electron chi connectivity index (χ1n) is 9.79. The number of nitrogens with zero attached hydrogens (tertiary/aromatic N) is 4. The maximum Gasteiger partial charge on any atom is 0.332 e. The van der Waals surface area contributed by atoms with Crippen LogP contribution in [0.1, 0.15) is 37.7 Å². The van der Waals surface area contributed by atoms with Gasteiger partial charge in [0.1, 0.15) is 11.3 Å². The molecule has 1 aliphatic rings. The van der Waals surface area contributed by atoms with E-state index < -0.39 is 26.3 Å². The highest BCUT2D eigenvalue weighted by molar-refractivity contribution is 7.92. The van der Waals surface area contributed by atoms with Crippen LogP contribution >= 0.6 is 0 Å². The summed E-state index contributed by atoms with van der Waals surface area (Å²) in [6.45, 7) is 6.42. The molecule has 0 radical (unpaired) electrons. The predicted octanol–water partition coefficient (Wildman–Crippen LogP) is 0.344. The summed E-state index contributed by atoms with van der Waals surface area (Å²) in [5, 5.41) is -0.244. The summed E-state index contributed by atoms with van der Waals surface area (Å²) in [5.74, 6) is -0.178. The van der Waals surface area contributed by atoms with Gasteiger partial charge in [-0.2, -0.15) is 0 Å². The van der Waals surface area contributed by atoms with Gasteiger partial charge in [-0.1, -0.05) is 20.8 Å². The highest BCUT2D eigenvalue weighted by Crippen LogP contribution is 2.24. The van der Waals surface area contributed by atoms with Crippen LogP contribution in [-0.4, -0.2) is 57.0 Å². The van der Waals surface area contributed by atoms with Crippen LogP contribution in [0, 0.1) is 5.92 Å². The smallest absolute Gasteiger partial charge is 0.332 e. The standard InChI is InChI=1S/C19H28N4O5S/c1-6-7-23-15(8-14-16(23)20(4)19(26)21(5)17(14)24)18(25)22-9-13(10-22)29(27,28)11-12(2)3/h8,12-13H,6-7,9-11H2,1-5H3. The molecule has 0 bridgehead atoms. The molecular formula is C19H28N4O5S. The fraction of sp³-hybridized carbons (Fsp3) is 0.632. The molecule has 1 amide bonds. The normalized spacial score (nSPS) is 15.3. The van der Waals surface area contributed by atoms with E-state index in [0.717, 1.165) is 4.57 Å². The molecule has 29 heavy (non-hydrogen) atoms. The van der Waals surface area contributed by atoms with E-state index in [1.807, 2.05) is 20.8 Å². The Morgan fingerprint density at radius 3 is 2.34 bits per heavy atom. The van der Waals surface area contributed by atoms with Crippen molar-refractivity contribution >= 4 is 26.8 Å². The molecule has 0 aliphatic carbocycles. The van der Waals surface area contributed by atoms with Crippen molar-refractivity contribution in [1.82, 2.24) is 18.6 Å². The van der Waals surface area contributed by atoms with Crippen LogP contribution in [0.3, 0.4) is 0 Å². The Hall–Kier alpha value is -2.36. The summed E-state index contributed by atoms with van der Waals surface area (Å²) in [7, 11) is -0.263. The first kappa shape index (κ1) is 21.4. The Balaban J connectivity index is 1.99. The van der Waals surface area contributed by atoms with E-state index in [0.29, 0.717) is 29.7 Å². The third-order valence-electron chi connectivity index (χ3n) is 5.37. The first-order chi connectivity index (χ1) is 13.5. The van der Waals surface area contributed by atoms with Gasteiger partial charge >= 0.3 is 5.69 Å². The fourth-order valence-electron chi connectivity index (χ4n) is 3.86. The molecule has 160 valence electrons. The Morgan fingerprint density at radius 1 is 1.17 bits per heavy atom. The van der Waals surface area contributed by atoms with Gasteiger partial charge in [-0.3, -0.25) is 18.7 Å². The number of aromatic nitrogens is 3. The molecule has 3 rings (SSSR count). The minimum absolute atomic E-state index is 0.0364. The van der Waals surface area contributed by atoms with Crippen molar-refractivity contribution in [1.29, 1.82) is 0 Å². The van der Waals surface area contributed by atoms with Crippen LogP contribution in [0.2, 0.25) is 0 Å². The molecule has 10 heteroatoms. The van der Waals surface area contributed by atoms with E-state index in [9.17, 15) is 22.8 Å². The molecule has 0 N–H and O–H groups in total. The van der Waals surface area contributed by atoms with Gasteiger partial charge in [-0.25, -0.2) is 13.2 Å². The second-order valence-corrected chi connectivity index (χ2v) is 10.5. The van der Waals surface area contributed by atoms with Crippen LogP contribution in [0.25, 0.3) is 11.0 Å². The van der Waals surface area contributed by atoms with Crippen molar-refractivity contribution in [3.63, 3.8) is 0 Å². The molecule has 0 spiro atoms. The molecule has 0 atom stereocenters. The van der Waals surface area contributed by atoms with Crippen molar-refractivity contribution in [3.05, 3.63) is 32.6 Å². The van der Waals surface area contributed by atoms with Gasteiger partial charge < -0.3 is 9.47 Å². The van der Waals surface area contributed by atoms with Gasteiger partial charge in [0.05, 0.1) is 16.4 Å². The van der Waals surface area contributed by atoms with E-state index in [1.54, 1.807) is 11.6 Å². The highest BCUT2D eigenvalue weighted by atomic mass is 32.2. The van der Waals surface area contributed by atoms with E-state index in [1.165, 1.54) is 22.6 Å². The van der Waals surface area contributed by atoms with Crippen molar-refractivity contribution in [3.8, 4) is 0 Å². The summed E-state index contributed by atoms with van der Waals surface area (Å²) in [4.78, 5) is 39.5. The molecule has 2 aromatic heterocycles. The Morgan fingerprint density at radius 2 is 1.79 bits per heavy atom. The lowest BCUT2D eigenvalue weighted by Gasteiger charge is -2.39. The Kier molecular flexibility index (Phi) is 5.50. The number of hydrogen-bond acceptors (Lipinski definition) is 5. The zero-order valence-electron chi connectivity index (χ0n) is 17.5. The minimum Gasteiger partial charge on any atom is -0.335 e. The lowest BCUT2D eigenvalue weighted by Crippen LogP contribution is -2.57. The quantitative estimate of drug-likeness (QED) is 0.665. The third-order valence-corrected chi connectivity index (χ3v) is 7.82. The van der Waals surface area contributed by atoms with Gasteiger partial charge in [0.15, 0.2) is 9.84 Å². The monoisotopic (exact) mass is 424 g/mol. The summed E-state index contributed by atoms with van der Waals surface area (Å²) >= 11 is 0. The largest absolute Gasteiger partial charge is 0.335 e. The molecule has 0 unspecified atom stereocenters. The molecule has 0 aromatic carbocycles. The Bertz CT molecular complexity index is 1180. The van der Waals surface area contributed by atoms with Gasteiger partial charge in [0, 0.05) is 33.7 Å². The number of amides is 1. The minimum atomic E-state index is -3.24. The third kappa shape index (κ3) is 3.54. The molecule has 1 fully saturated rings.